The van der Waals surface area contributed by atoms with E-state index in [1.54, 1.807) is 0 Å². The van der Waals surface area contributed by atoms with Crippen molar-refractivity contribution in [3.05, 3.63) is 58.1 Å². The molecule has 2 rings (SSSR count). The fourth-order valence-electron chi connectivity index (χ4n) is 2.56. The minimum absolute atomic E-state index is 0.379. The third-order valence-corrected chi connectivity index (χ3v) is 4.19. The van der Waals surface area contributed by atoms with Crippen LogP contribution in [0.5, 0.6) is 11.5 Å². The Balaban J connectivity index is 2.35. The molecule has 0 bridgehead atoms. The van der Waals surface area contributed by atoms with Crippen LogP contribution >= 0.6 is 15.9 Å². The lowest BCUT2D eigenvalue weighted by Crippen LogP contribution is -2.14. The Morgan fingerprint density at radius 3 is 2.38 bits per heavy atom. The second-order valence-corrected chi connectivity index (χ2v) is 6.13. The van der Waals surface area contributed by atoms with Gasteiger partial charge >= 0.3 is 5.97 Å². The molecule has 1 N–H and O–H groups in total. The number of carbonyl (C=O) groups is 1. The maximum absolute atomic E-state index is 11.7. The first-order chi connectivity index (χ1) is 11.6. The first-order valence-corrected chi connectivity index (χ1v) is 8.71. The maximum Gasteiger partial charge on any atom is 0.311 e. The molecule has 0 aliphatic heterocycles. The highest BCUT2D eigenvalue weighted by Crippen LogP contribution is 2.38. The number of aliphatic carboxylic acids is 1. The van der Waals surface area contributed by atoms with Crippen LogP contribution in [-0.4, -0.2) is 24.3 Å². The lowest BCUT2D eigenvalue weighted by molar-refractivity contribution is -0.138. The number of carboxylic acids is 1. The zero-order valence-corrected chi connectivity index (χ0v) is 15.4. The van der Waals surface area contributed by atoms with Gasteiger partial charge in [0.2, 0.25) is 0 Å². The molecular formula is C19H21BrO4. The molecule has 0 fully saturated rings. The summed E-state index contributed by atoms with van der Waals surface area (Å²) in [6.07, 6.45) is 0.379. The first-order valence-electron chi connectivity index (χ1n) is 7.92. The second kappa shape index (κ2) is 8.73. The van der Waals surface area contributed by atoms with E-state index < -0.39 is 11.9 Å². The summed E-state index contributed by atoms with van der Waals surface area (Å²) >= 11 is 3.50. The van der Waals surface area contributed by atoms with Crippen LogP contribution < -0.4 is 9.47 Å². The Labute approximate surface area is 150 Å². The van der Waals surface area contributed by atoms with Gasteiger partial charge in [0, 0.05) is 0 Å². The van der Waals surface area contributed by atoms with Crippen molar-refractivity contribution in [2.45, 2.75) is 26.2 Å². The van der Waals surface area contributed by atoms with Gasteiger partial charge in [0.15, 0.2) is 11.5 Å². The second-order valence-electron chi connectivity index (χ2n) is 5.28. The largest absolute Gasteiger partial charge is 0.490 e. The number of ether oxygens (including phenoxy) is 2. The molecular weight excluding hydrogens is 372 g/mol. The Hall–Kier alpha value is -2.01. The van der Waals surface area contributed by atoms with Crippen molar-refractivity contribution < 1.29 is 19.4 Å². The summed E-state index contributed by atoms with van der Waals surface area (Å²) in [7, 11) is 0. The monoisotopic (exact) mass is 392 g/mol. The van der Waals surface area contributed by atoms with Gasteiger partial charge in [0.25, 0.3) is 0 Å². The van der Waals surface area contributed by atoms with Crippen LogP contribution in [-0.2, 0) is 11.2 Å². The molecule has 0 heterocycles. The molecule has 0 saturated heterocycles. The van der Waals surface area contributed by atoms with E-state index in [0.717, 1.165) is 15.6 Å². The molecule has 0 saturated carbocycles. The molecule has 1 unspecified atom stereocenters. The molecule has 24 heavy (non-hydrogen) atoms. The number of halogens is 1. The maximum atomic E-state index is 11.7. The lowest BCUT2D eigenvalue weighted by Gasteiger charge is -2.17. The molecule has 2 aromatic rings. The third-order valence-electron chi connectivity index (χ3n) is 3.60. The minimum atomic E-state index is -0.843. The summed E-state index contributed by atoms with van der Waals surface area (Å²) in [5, 5.41) is 9.60. The van der Waals surface area contributed by atoms with E-state index in [0.29, 0.717) is 31.1 Å². The number of benzene rings is 2. The standard InChI is InChI=1S/C19H21BrO4/c1-3-23-17-12-13(11-16(20)18(17)24-4-2)10-15(19(21)22)14-8-6-5-7-9-14/h5-9,11-12,15H,3-4,10H2,1-2H3,(H,21,22). The Bertz CT molecular complexity index is 685. The van der Waals surface area contributed by atoms with Gasteiger partial charge in [-0.3, -0.25) is 4.79 Å². The van der Waals surface area contributed by atoms with E-state index in [4.69, 9.17) is 9.47 Å². The van der Waals surface area contributed by atoms with E-state index in [-0.39, 0.29) is 0 Å². The normalized spacial score (nSPS) is 11.8. The number of hydrogen-bond donors (Lipinski definition) is 1. The number of carboxylic acid groups (broad SMARTS) is 1. The van der Waals surface area contributed by atoms with Crippen molar-refractivity contribution in [3.8, 4) is 11.5 Å². The quantitative estimate of drug-likeness (QED) is 0.709. The van der Waals surface area contributed by atoms with Gasteiger partial charge in [-0.2, -0.15) is 0 Å². The topological polar surface area (TPSA) is 55.8 Å². The summed E-state index contributed by atoms with van der Waals surface area (Å²) in [6.45, 7) is 4.85. The minimum Gasteiger partial charge on any atom is -0.490 e. The van der Waals surface area contributed by atoms with Crippen LogP contribution in [0.4, 0.5) is 0 Å². The molecule has 4 nitrogen and oxygen atoms in total. The van der Waals surface area contributed by atoms with Crippen LogP contribution in [0, 0.1) is 0 Å². The average Bonchev–Trinajstić information content (AvgIpc) is 2.56. The molecule has 0 spiro atoms. The molecule has 0 amide bonds. The van der Waals surface area contributed by atoms with Gasteiger partial charge in [0.05, 0.1) is 23.6 Å². The van der Waals surface area contributed by atoms with Crippen LogP contribution in [0.2, 0.25) is 0 Å². The summed E-state index contributed by atoms with van der Waals surface area (Å²) in [4.78, 5) is 11.7. The smallest absolute Gasteiger partial charge is 0.311 e. The van der Waals surface area contributed by atoms with Crippen LogP contribution in [0.25, 0.3) is 0 Å². The predicted octanol–water partition coefficient (Wildman–Crippen LogP) is 4.66. The Kier molecular flexibility index (Phi) is 6.67. The van der Waals surface area contributed by atoms with E-state index in [1.807, 2.05) is 56.3 Å². The van der Waals surface area contributed by atoms with Crippen LogP contribution in [0.15, 0.2) is 46.9 Å². The zero-order valence-electron chi connectivity index (χ0n) is 13.8. The summed E-state index contributed by atoms with van der Waals surface area (Å²) in [5.74, 6) is -0.176. The fourth-order valence-corrected chi connectivity index (χ4v) is 3.16. The predicted molar refractivity (Wildman–Crippen MR) is 97.0 cm³/mol. The summed E-state index contributed by atoms with van der Waals surface area (Å²) in [5.41, 5.74) is 1.66. The van der Waals surface area contributed by atoms with E-state index in [2.05, 4.69) is 15.9 Å². The van der Waals surface area contributed by atoms with E-state index >= 15 is 0 Å². The van der Waals surface area contributed by atoms with Gasteiger partial charge in [-0.05, 0) is 59.5 Å². The first kappa shape index (κ1) is 18.3. The van der Waals surface area contributed by atoms with Crippen LogP contribution in [0.3, 0.4) is 0 Å². The molecule has 128 valence electrons. The van der Waals surface area contributed by atoms with Crippen molar-refractivity contribution in [2.75, 3.05) is 13.2 Å². The Morgan fingerprint density at radius 1 is 1.12 bits per heavy atom. The fraction of sp³-hybridized carbons (Fsp3) is 0.316. The number of hydrogen-bond acceptors (Lipinski definition) is 3. The summed E-state index contributed by atoms with van der Waals surface area (Å²) in [6, 6.07) is 13.0. The highest BCUT2D eigenvalue weighted by Gasteiger charge is 2.22. The van der Waals surface area contributed by atoms with Crippen molar-refractivity contribution in [1.29, 1.82) is 0 Å². The van der Waals surface area contributed by atoms with Gasteiger partial charge in [-0.15, -0.1) is 0 Å². The molecule has 0 aliphatic rings. The van der Waals surface area contributed by atoms with Gasteiger partial charge in [0.1, 0.15) is 0 Å². The van der Waals surface area contributed by atoms with Crippen molar-refractivity contribution in [2.24, 2.45) is 0 Å². The number of rotatable bonds is 8. The van der Waals surface area contributed by atoms with Crippen molar-refractivity contribution in [1.82, 2.24) is 0 Å². The SMILES string of the molecule is CCOc1cc(CC(C(=O)O)c2ccccc2)cc(Br)c1OCC. The zero-order chi connectivity index (χ0) is 17.5. The molecule has 1 atom stereocenters. The third kappa shape index (κ3) is 4.51. The van der Waals surface area contributed by atoms with Gasteiger partial charge in [-0.1, -0.05) is 30.3 Å². The molecule has 0 radical (unpaired) electrons. The van der Waals surface area contributed by atoms with Gasteiger partial charge in [-0.25, -0.2) is 0 Å². The molecule has 0 aliphatic carbocycles. The highest BCUT2D eigenvalue weighted by molar-refractivity contribution is 9.10. The molecule has 5 heteroatoms. The Morgan fingerprint density at radius 2 is 1.79 bits per heavy atom. The van der Waals surface area contributed by atoms with E-state index in [1.165, 1.54) is 0 Å². The average molecular weight is 393 g/mol. The van der Waals surface area contributed by atoms with Crippen LogP contribution in [0.1, 0.15) is 30.9 Å². The van der Waals surface area contributed by atoms with Crippen molar-refractivity contribution in [3.63, 3.8) is 0 Å². The lowest BCUT2D eigenvalue weighted by atomic mass is 9.92. The summed E-state index contributed by atoms with van der Waals surface area (Å²) < 4.78 is 12.0. The van der Waals surface area contributed by atoms with Crippen molar-refractivity contribution >= 4 is 21.9 Å². The molecule has 0 aromatic heterocycles. The molecule has 2 aromatic carbocycles. The van der Waals surface area contributed by atoms with Gasteiger partial charge < -0.3 is 14.6 Å². The highest BCUT2D eigenvalue weighted by atomic mass is 79.9. The van der Waals surface area contributed by atoms with E-state index in [9.17, 15) is 9.90 Å².